The Balaban J connectivity index is 1.81. The lowest BCUT2D eigenvalue weighted by molar-refractivity contribution is -0.307. The van der Waals surface area contributed by atoms with Gasteiger partial charge in [0.2, 0.25) is 0 Å². The van der Waals surface area contributed by atoms with Crippen LogP contribution in [0.5, 0.6) is 5.75 Å². The number of thioether (sulfide) groups is 1. The van der Waals surface area contributed by atoms with Gasteiger partial charge in [0.15, 0.2) is 6.61 Å². The smallest absolute Gasteiger partial charge is 0.340 e. The van der Waals surface area contributed by atoms with Gasteiger partial charge in [-0.1, -0.05) is 30.3 Å². The van der Waals surface area contributed by atoms with Crippen LogP contribution in [0.1, 0.15) is 22.3 Å². The maximum absolute atomic E-state index is 12.7. The predicted octanol–water partition coefficient (Wildman–Crippen LogP) is 1.98. The van der Waals surface area contributed by atoms with Crippen LogP contribution in [-0.2, 0) is 16.0 Å². The largest absolute Gasteiger partial charge is 0.548 e. The highest BCUT2D eigenvalue weighted by atomic mass is 32.2. The fraction of sp³-hybridized carbons (Fsp3) is 0.292. The lowest BCUT2D eigenvalue weighted by Gasteiger charge is -2.19. The average Bonchev–Trinajstić information content (AvgIpc) is 2.77. The summed E-state index contributed by atoms with van der Waals surface area (Å²) in [5.41, 5.74) is 3.02. The number of carboxylic acid groups (broad SMARTS) is 1. The molecule has 2 aromatic carbocycles. The van der Waals surface area contributed by atoms with Crippen LogP contribution in [0.25, 0.3) is 11.0 Å². The van der Waals surface area contributed by atoms with Crippen LogP contribution in [-0.4, -0.2) is 36.5 Å². The molecule has 0 saturated carbocycles. The van der Waals surface area contributed by atoms with E-state index in [-0.39, 0.29) is 12.4 Å². The number of carbonyl (C=O) groups excluding carboxylic acids is 2. The number of rotatable bonds is 9. The van der Waals surface area contributed by atoms with Gasteiger partial charge in [0.05, 0.1) is 12.0 Å². The highest BCUT2D eigenvalue weighted by Crippen LogP contribution is 2.30. The molecule has 0 aliphatic heterocycles. The number of ether oxygens (including phenoxy) is 1. The zero-order valence-corrected chi connectivity index (χ0v) is 18.9. The Labute approximate surface area is 189 Å². The van der Waals surface area contributed by atoms with E-state index >= 15 is 0 Å². The minimum atomic E-state index is -1.35. The van der Waals surface area contributed by atoms with E-state index < -0.39 is 23.5 Å². The first-order chi connectivity index (χ1) is 15.3. The summed E-state index contributed by atoms with van der Waals surface area (Å²) in [7, 11) is 0. The van der Waals surface area contributed by atoms with Crippen molar-refractivity contribution in [3.05, 3.63) is 75.1 Å². The van der Waals surface area contributed by atoms with Crippen LogP contribution in [0.2, 0.25) is 0 Å². The van der Waals surface area contributed by atoms with Gasteiger partial charge < -0.3 is 24.4 Å². The van der Waals surface area contributed by atoms with E-state index in [2.05, 4.69) is 5.32 Å². The minimum absolute atomic E-state index is 0.193. The predicted molar refractivity (Wildman–Crippen MR) is 122 cm³/mol. The van der Waals surface area contributed by atoms with Gasteiger partial charge in [0.25, 0.3) is 5.91 Å². The number of hydrogen-bond donors (Lipinski definition) is 1. The van der Waals surface area contributed by atoms with Crippen molar-refractivity contribution in [1.29, 1.82) is 0 Å². The second-order valence-corrected chi connectivity index (χ2v) is 8.31. The first kappa shape index (κ1) is 23.4. The second kappa shape index (κ2) is 10.4. The first-order valence-electron chi connectivity index (χ1n) is 10.0. The van der Waals surface area contributed by atoms with Crippen molar-refractivity contribution < 1.29 is 23.8 Å². The van der Waals surface area contributed by atoms with Gasteiger partial charge in [-0.25, -0.2) is 4.79 Å². The molecule has 32 heavy (non-hydrogen) atoms. The molecule has 0 saturated heterocycles. The van der Waals surface area contributed by atoms with E-state index in [0.29, 0.717) is 28.9 Å². The molecule has 1 atom stereocenters. The molecule has 0 aliphatic rings. The number of benzene rings is 2. The van der Waals surface area contributed by atoms with Gasteiger partial charge in [-0.15, -0.1) is 0 Å². The van der Waals surface area contributed by atoms with Crippen molar-refractivity contribution in [3.8, 4) is 5.75 Å². The maximum Gasteiger partial charge on any atom is 0.340 e. The van der Waals surface area contributed by atoms with Crippen molar-refractivity contribution in [1.82, 2.24) is 5.32 Å². The third kappa shape index (κ3) is 5.31. The van der Waals surface area contributed by atoms with Gasteiger partial charge >= 0.3 is 5.63 Å². The van der Waals surface area contributed by atoms with Crippen molar-refractivity contribution >= 4 is 34.6 Å². The lowest BCUT2D eigenvalue weighted by Crippen LogP contribution is -2.50. The average molecular weight is 455 g/mol. The molecule has 7 nitrogen and oxygen atoms in total. The molecule has 1 N–H and O–H groups in total. The van der Waals surface area contributed by atoms with Gasteiger partial charge in [-0.2, -0.15) is 11.8 Å². The summed E-state index contributed by atoms with van der Waals surface area (Å²) in [6.45, 7) is 3.25. The highest BCUT2D eigenvalue weighted by Gasteiger charge is 2.17. The second-order valence-electron chi connectivity index (χ2n) is 7.40. The molecule has 0 aliphatic carbocycles. The van der Waals surface area contributed by atoms with Crippen molar-refractivity contribution in [3.63, 3.8) is 0 Å². The summed E-state index contributed by atoms with van der Waals surface area (Å²) in [5, 5.41) is 14.3. The third-order valence-corrected chi connectivity index (χ3v) is 5.86. The van der Waals surface area contributed by atoms with Crippen LogP contribution in [0.4, 0.5) is 0 Å². The summed E-state index contributed by atoms with van der Waals surface area (Å²) < 4.78 is 11.2. The lowest BCUT2D eigenvalue weighted by atomic mass is 9.98. The molecule has 3 rings (SSSR count). The standard InChI is InChI=1S/C24H25NO6S/c1-14-17-9-10-20(30-12-21(26)25-19(13-32-3)23(27)28)15(2)22(17)31-24(29)18(14)11-16-7-5-4-6-8-16/h4-10,19H,11-13H2,1-3H3,(H,25,26)(H,27,28)/p-1/t19-/m0/s1. The first-order valence-corrected chi connectivity index (χ1v) is 11.4. The van der Waals surface area contributed by atoms with E-state index in [1.807, 2.05) is 37.3 Å². The van der Waals surface area contributed by atoms with Gasteiger partial charge in [-0.3, -0.25) is 4.79 Å². The number of carboxylic acids is 1. The molecule has 168 valence electrons. The quantitative estimate of drug-likeness (QED) is 0.493. The fourth-order valence-electron chi connectivity index (χ4n) is 3.45. The van der Waals surface area contributed by atoms with E-state index in [4.69, 9.17) is 9.15 Å². The Morgan fingerprint density at radius 3 is 2.50 bits per heavy atom. The van der Waals surface area contributed by atoms with E-state index in [1.165, 1.54) is 11.8 Å². The van der Waals surface area contributed by atoms with E-state index in [9.17, 15) is 19.5 Å². The van der Waals surface area contributed by atoms with Crippen LogP contribution >= 0.6 is 11.8 Å². The number of carbonyl (C=O) groups is 2. The van der Waals surface area contributed by atoms with Crippen LogP contribution in [0, 0.1) is 13.8 Å². The zero-order chi connectivity index (χ0) is 23.3. The number of aliphatic carboxylic acids is 1. The summed E-state index contributed by atoms with van der Waals surface area (Å²) in [6.07, 6.45) is 2.20. The monoisotopic (exact) mass is 454 g/mol. The number of amides is 1. The van der Waals surface area contributed by atoms with E-state index in [1.54, 1.807) is 25.3 Å². The van der Waals surface area contributed by atoms with Crippen LogP contribution < -0.4 is 20.8 Å². The SMILES string of the molecule is CSC[C@H](NC(=O)COc1ccc2c(C)c(Cc3ccccc3)c(=O)oc2c1C)C(=O)[O-]. The number of fused-ring (bicyclic) bond motifs is 1. The van der Waals surface area contributed by atoms with E-state index in [0.717, 1.165) is 16.5 Å². The molecule has 1 heterocycles. The molecule has 8 heteroatoms. The fourth-order valence-corrected chi connectivity index (χ4v) is 4.00. The highest BCUT2D eigenvalue weighted by molar-refractivity contribution is 7.98. The molecule has 1 amide bonds. The molecule has 0 unspecified atom stereocenters. The summed E-state index contributed by atoms with van der Waals surface area (Å²) >= 11 is 1.28. The Kier molecular flexibility index (Phi) is 7.58. The topological polar surface area (TPSA) is 109 Å². The molecule has 1 aromatic heterocycles. The van der Waals surface area contributed by atoms with Gasteiger partial charge in [-0.05, 0) is 43.4 Å². The summed E-state index contributed by atoms with van der Waals surface area (Å²) in [6, 6.07) is 12.1. The summed E-state index contributed by atoms with van der Waals surface area (Å²) in [5.74, 6) is -1.36. The minimum Gasteiger partial charge on any atom is -0.548 e. The Bertz CT molecular complexity index is 1190. The Hall–Kier alpha value is -3.26. The number of aryl methyl sites for hydroxylation is 2. The van der Waals surface area contributed by atoms with Crippen LogP contribution in [0.3, 0.4) is 0 Å². The molecule has 3 aromatic rings. The number of hydrogen-bond acceptors (Lipinski definition) is 7. The van der Waals surface area contributed by atoms with Crippen molar-refractivity contribution in [2.75, 3.05) is 18.6 Å². The van der Waals surface area contributed by atoms with Gasteiger partial charge in [0.1, 0.15) is 11.3 Å². The molecule has 0 radical (unpaired) electrons. The number of nitrogens with one attached hydrogen (secondary N) is 1. The van der Waals surface area contributed by atoms with Crippen LogP contribution in [0.15, 0.2) is 51.7 Å². The Morgan fingerprint density at radius 2 is 1.84 bits per heavy atom. The Morgan fingerprint density at radius 1 is 1.12 bits per heavy atom. The van der Waals surface area contributed by atoms with Crippen molar-refractivity contribution in [2.45, 2.75) is 26.3 Å². The van der Waals surface area contributed by atoms with Crippen molar-refractivity contribution in [2.24, 2.45) is 0 Å². The molecular weight excluding hydrogens is 430 g/mol. The normalized spacial score (nSPS) is 11.8. The molecule has 0 spiro atoms. The van der Waals surface area contributed by atoms with Gasteiger partial charge in [0, 0.05) is 28.7 Å². The summed E-state index contributed by atoms with van der Waals surface area (Å²) in [4.78, 5) is 35.9. The zero-order valence-electron chi connectivity index (χ0n) is 18.1. The molecule has 0 fully saturated rings. The maximum atomic E-state index is 12.7. The molecule has 0 bridgehead atoms. The third-order valence-electron chi connectivity index (χ3n) is 5.19. The molecular formula is C24H24NO6S-.